The summed E-state index contributed by atoms with van der Waals surface area (Å²) in [6.07, 6.45) is 0. The van der Waals surface area contributed by atoms with Gasteiger partial charge in [-0.2, -0.15) is 5.26 Å². The molecule has 0 unspecified atom stereocenters. The molecule has 2 aromatic carbocycles. The van der Waals surface area contributed by atoms with Crippen molar-refractivity contribution < 1.29 is 14.0 Å². The molecule has 3 rings (SSSR count). The van der Waals surface area contributed by atoms with Crippen LogP contribution in [-0.4, -0.2) is 16.1 Å². The number of hydrogen-bond donors (Lipinski definition) is 0. The van der Waals surface area contributed by atoms with Crippen molar-refractivity contribution >= 4 is 22.5 Å². The molecule has 4 nitrogen and oxygen atoms in total. The van der Waals surface area contributed by atoms with Crippen molar-refractivity contribution in [1.29, 1.82) is 5.26 Å². The zero-order chi connectivity index (χ0) is 17.3. The van der Waals surface area contributed by atoms with Gasteiger partial charge in [0.25, 0.3) is 0 Å². The van der Waals surface area contributed by atoms with Crippen LogP contribution in [-0.2, 0) is 7.05 Å². The van der Waals surface area contributed by atoms with E-state index in [-0.39, 0.29) is 5.56 Å². The topological polar surface area (TPSA) is 62.9 Å². The van der Waals surface area contributed by atoms with Gasteiger partial charge >= 0.3 is 0 Å². The average Bonchev–Trinajstić information content (AvgIpc) is 2.93. The Morgan fingerprint density at radius 3 is 2.38 bits per heavy atom. The summed E-state index contributed by atoms with van der Waals surface area (Å²) in [4.78, 5) is 25.2. The monoisotopic (exact) mass is 320 g/mol. The van der Waals surface area contributed by atoms with Crippen LogP contribution in [0.4, 0.5) is 4.39 Å². The molecule has 1 aromatic heterocycles. The smallest absolute Gasteiger partial charge is 0.204 e. The van der Waals surface area contributed by atoms with Gasteiger partial charge in [0.1, 0.15) is 5.82 Å². The number of aryl methyl sites for hydroxylation is 1. The Morgan fingerprint density at radius 2 is 1.75 bits per heavy atom. The molecule has 0 aliphatic carbocycles. The SMILES string of the molecule is Cn1c(C(=O)[C@H](C#N)C(=O)c2ccc(F)cc2)cc2ccccc21. The summed E-state index contributed by atoms with van der Waals surface area (Å²) in [7, 11) is 1.71. The molecule has 0 amide bonds. The van der Waals surface area contributed by atoms with Crippen LogP contribution in [0.2, 0.25) is 0 Å². The predicted molar refractivity (Wildman–Crippen MR) is 87.1 cm³/mol. The summed E-state index contributed by atoms with van der Waals surface area (Å²) in [6.45, 7) is 0. The number of hydrogen-bond acceptors (Lipinski definition) is 3. The predicted octanol–water partition coefficient (Wildman–Crippen LogP) is 3.52. The number of nitrogens with zero attached hydrogens (tertiary/aromatic N) is 2. The van der Waals surface area contributed by atoms with Crippen molar-refractivity contribution in [3.8, 4) is 6.07 Å². The second-order valence-corrected chi connectivity index (χ2v) is 5.44. The number of Topliss-reactive ketones (excluding diaryl/α,β-unsaturated/α-hetero) is 2. The number of ketones is 2. The first-order valence-electron chi connectivity index (χ1n) is 7.31. The van der Waals surface area contributed by atoms with Gasteiger partial charge in [-0.25, -0.2) is 4.39 Å². The normalized spacial score (nSPS) is 11.9. The van der Waals surface area contributed by atoms with E-state index in [9.17, 15) is 19.2 Å². The van der Waals surface area contributed by atoms with Gasteiger partial charge in [0.2, 0.25) is 5.78 Å². The van der Waals surface area contributed by atoms with Crippen molar-refractivity contribution in [2.45, 2.75) is 0 Å². The largest absolute Gasteiger partial charge is 0.341 e. The Bertz CT molecular complexity index is 981. The highest BCUT2D eigenvalue weighted by Gasteiger charge is 2.30. The van der Waals surface area contributed by atoms with E-state index >= 15 is 0 Å². The quantitative estimate of drug-likeness (QED) is 0.546. The van der Waals surface area contributed by atoms with Crippen LogP contribution in [0.1, 0.15) is 20.8 Å². The lowest BCUT2D eigenvalue weighted by Gasteiger charge is -2.09. The van der Waals surface area contributed by atoms with Crippen LogP contribution in [0.3, 0.4) is 0 Å². The van der Waals surface area contributed by atoms with Crippen molar-refractivity contribution in [2.24, 2.45) is 13.0 Å². The molecule has 0 spiro atoms. The van der Waals surface area contributed by atoms with Crippen molar-refractivity contribution in [2.75, 3.05) is 0 Å². The summed E-state index contributed by atoms with van der Waals surface area (Å²) < 4.78 is 14.6. The van der Waals surface area contributed by atoms with Crippen LogP contribution in [0.25, 0.3) is 10.9 Å². The number of carbonyl (C=O) groups is 2. The van der Waals surface area contributed by atoms with E-state index in [0.717, 1.165) is 23.0 Å². The number of benzene rings is 2. The fraction of sp³-hybridized carbons (Fsp3) is 0.105. The third-order valence-corrected chi connectivity index (χ3v) is 3.99. The summed E-state index contributed by atoms with van der Waals surface area (Å²) in [5.74, 6) is -3.14. The van der Waals surface area contributed by atoms with Gasteiger partial charge in [-0.05, 0) is 36.4 Å². The Kier molecular flexibility index (Phi) is 3.97. The highest BCUT2D eigenvalue weighted by Crippen LogP contribution is 2.22. The molecule has 5 heteroatoms. The molecule has 3 aromatic rings. The first-order chi connectivity index (χ1) is 11.5. The van der Waals surface area contributed by atoms with Crippen LogP contribution in [0.15, 0.2) is 54.6 Å². The number of halogens is 1. The fourth-order valence-electron chi connectivity index (χ4n) is 2.69. The third kappa shape index (κ3) is 2.59. The Labute approximate surface area is 137 Å². The fourth-order valence-corrected chi connectivity index (χ4v) is 2.69. The second kappa shape index (κ2) is 6.09. The van der Waals surface area contributed by atoms with Crippen LogP contribution in [0.5, 0.6) is 0 Å². The summed E-state index contributed by atoms with van der Waals surface area (Å²) in [5, 5.41) is 10.2. The van der Waals surface area contributed by atoms with Gasteiger partial charge in [0.05, 0.1) is 11.8 Å². The molecule has 0 aliphatic heterocycles. The van der Waals surface area contributed by atoms with Gasteiger partial charge in [-0.3, -0.25) is 9.59 Å². The molecule has 1 atom stereocenters. The molecule has 0 bridgehead atoms. The zero-order valence-corrected chi connectivity index (χ0v) is 12.9. The van der Waals surface area contributed by atoms with Crippen molar-refractivity contribution in [1.82, 2.24) is 4.57 Å². The van der Waals surface area contributed by atoms with Crippen LogP contribution in [0, 0.1) is 23.1 Å². The van der Waals surface area contributed by atoms with E-state index in [2.05, 4.69) is 0 Å². The standard InChI is InChI=1S/C19H13FN2O2/c1-22-16-5-3-2-4-13(16)10-17(22)19(24)15(11-21)18(23)12-6-8-14(20)9-7-12/h2-10,15H,1H3/t15-/m1/s1. The molecule has 0 aliphatic rings. The lowest BCUT2D eigenvalue weighted by Crippen LogP contribution is -2.24. The molecular formula is C19H13FN2O2. The molecule has 1 heterocycles. The average molecular weight is 320 g/mol. The first kappa shape index (κ1) is 15.6. The van der Waals surface area contributed by atoms with Gasteiger partial charge in [-0.1, -0.05) is 18.2 Å². The van der Waals surface area contributed by atoms with Gasteiger partial charge < -0.3 is 4.57 Å². The summed E-state index contributed by atoms with van der Waals surface area (Å²) in [5.41, 5.74) is 1.26. The highest BCUT2D eigenvalue weighted by atomic mass is 19.1. The third-order valence-electron chi connectivity index (χ3n) is 3.99. The number of aromatic nitrogens is 1. The van der Waals surface area contributed by atoms with Gasteiger partial charge in [0, 0.05) is 23.5 Å². The lowest BCUT2D eigenvalue weighted by atomic mass is 9.93. The van der Waals surface area contributed by atoms with E-state index in [1.807, 2.05) is 24.3 Å². The van der Waals surface area contributed by atoms with E-state index in [0.29, 0.717) is 5.69 Å². The van der Waals surface area contributed by atoms with E-state index in [1.54, 1.807) is 23.8 Å². The summed E-state index contributed by atoms with van der Waals surface area (Å²) in [6, 6.07) is 15.7. The van der Waals surface area contributed by atoms with Gasteiger partial charge in [0.15, 0.2) is 11.7 Å². The molecule has 0 saturated heterocycles. The highest BCUT2D eigenvalue weighted by molar-refractivity contribution is 6.18. The molecule has 0 fully saturated rings. The molecule has 24 heavy (non-hydrogen) atoms. The second-order valence-electron chi connectivity index (χ2n) is 5.44. The van der Waals surface area contributed by atoms with Crippen molar-refractivity contribution in [3.05, 3.63) is 71.7 Å². The first-order valence-corrected chi connectivity index (χ1v) is 7.31. The molecule has 118 valence electrons. The number of fused-ring (bicyclic) bond motifs is 1. The zero-order valence-electron chi connectivity index (χ0n) is 12.9. The van der Waals surface area contributed by atoms with E-state index in [4.69, 9.17) is 0 Å². The number of para-hydroxylation sites is 1. The Hall–Kier alpha value is -3.26. The minimum atomic E-state index is -1.46. The molecule has 0 radical (unpaired) electrons. The lowest BCUT2D eigenvalue weighted by molar-refractivity contribution is 0.0841. The van der Waals surface area contributed by atoms with Gasteiger partial charge in [-0.15, -0.1) is 0 Å². The van der Waals surface area contributed by atoms with Crippen molar-refractivity contribution in [3.63, 3.8) is 0 Å². The Balaban J connectivity index is 1.99. The van der Waals surface area contributed by atoms with Crippen LogP contribution >= 0.6 is 0 Å². The number of rotatable bonds is 4. The van der Waals surface area contributed by atoms with E-state index in [1.165, 1.54) is 12.1 Å². The molecular weight excluding hydrogens is 307 g/mol. The minimum absolute atomic E-state index is 0.134. The maximum atomic E-state index is 13.0. The maximum absolute atomic E-state index is 13.0. The Morgan fingerprint density at radius 1 is 1.08 bits per heavy atom. The maximum Gasteiger partial charge on any atom is 0.204 e. The van der Waals surface area contributed by atoms with Crippen LogP contribution < -0.4 is 0 Å². The number of carbonyl (C=O) groups excluding carboxylic acids is 2. The molecule has 0 saturated carbocycles. The minimum Gasteiger partial charge on any atom is -0.341 e. The molecule has 0 N–H and O–H groups in total. The van der Waals surface area contributed by atoms with E-state index < -0.39 is 23.3 Å². The summed E-state index contributed by atoms with van der Waals surface area (Å²) >= 11 is 0. The number of nitriles is 1.